The van der Waals surface area contributed by atoms with E-state index in [4.69, 9.17) is 16.3 Å². The van der Waals surface area contributed by atoms with E-state index >= 15 is 0 Å². The number of aliphatic hydroxyl groups excluding tert-OH is 1. The molecular formula is C16H24ClNO3. The summed E-state index contributed by atoms with van der Waals surface area (Å²) in [6.45, 7) is 4.32. The zero-order valence-electron chi connectivity index (χ0n) is 12.8. The fourth-order valence-electron chi connectivity index (χ4n) is 1.93. The van der Waals surface area contributed by atoms with Gasteiger partial charge in [0.05, 0.1) is 18.6 Å². The third-order valence-corrected chi connectivity index (χ3v) is 3.63. The third kappa shape index (κ3) is 6.46. The average molecular weight is 314 g/mol. The van der Waals surface area contributed by atoms with Gasteiger partial charge in [-0.05, 0) is 30.0 Å². The largest absolute Gasteiger partial charge is 0.392 e. The van der Waals surface area contributed by atoms with Gasteiger partial charge in [-0.3, -0.25) is 4.79 Å². The molecule has 1 aromatic carbocycles. The highest BCUT2D eigenvalue weighted by Gasteiger charge is 2.18. The Bertz CT molecular complexity index is 434. The minimum Gasteiger partial charge on any atom is -0.392 e. The molecule has 4 nitrogen and oxygen atoms in total. The maximum absolute atomic E-state index is 12.0. The number of benzene rings is 1. The molecule has 0 aliphatic carbocycles. The predicted molar refractivity (Wildman–Crippen MR) is 84.3 cm³/mol. The highest BCUT2D eigenvalue weighted by Crippen LogP contribution is 2.20. The Kier molecular flexibility index (Phi) is 7.72. The van der Waals surface area contributed by atoms with E-state index in [-0.39, 0.29) is 24.3 Å². The van der Waals surface area contributed by atoms with Gasteiger partial charge in [0.1, 0.15) is 0 Å². The highest BCUT2D eigenvalue weighted by molar-refractivity contribution is 6.30. The number of aliphatic hydroxyl groups is 1. The van der Waals surface area contributed by atoms with E-state index in [9.17, 15) is 9.90 Å². The second kappa shape index (κ2) is 9.03. The van der Waals surface area contributed by atoms with Crippen molar-refractivity contribution in [1.82, 2.24) is 5.32 Å². The first kappa shape index (κ1) is 18.0. The summed E-state index contributed by atoms with van der Waals surface area (Å²) in [4.78, 5) is 12.0. The van der Waals surface area contributed by atoms with Crippen LogP contribution >= 0.6 is 11.6 Å². The van der Waals surface area contributed by atoms with Crippen molar-refractivity contribution in [1.29, 1.82) is 0 Å². The van der Waals surface area contributed by atoms with Crippen molar-refractivity contribution < 1.29 is 14.6 Å². The number of amides is 1. The van der Waals surface area contributed by atoms with E-state index in [1.807, 2.05) is 26.0 Å². The third-order valence-electron chi connectivity index (χ3n) is 3.38. The number of hydrogen-bond acceptors (Lipinski definition) is 3. The van der Waals surface area contributed by atoms with E-state index in [0.717, 1.165) is 5.56 Å². The molecule has 0 spiro atoms. The number of ether oxygens (including phenoxy) is 1. The van der Waals surface area contributed by atoms with E-state index in [1.165, 1.54) is 0 Å². The van der Waals surface area contributed by atoms with Crippen LogP contribution in [-0.2, 0) is 9.53 Å². The summed E-state index contributed by atoms with van der Waals surface area (Å²) >= 11 is 5.89. The van der Waals surface area contributed by atoms with Gasteiger partial charge in [-0.1, -0.05) is 37.6 Å². The summed E-state index contributed by atoms with van der Waals surface area (Å²) in [5, 5.41) is 13.4. The van der Waals surface area contributed by atoms with Crippen LogP contribution in [0.1, 0.15) is 38.3 Å². The highest BCUT2D eigenvalue weighted by atomic mass is 35.5. The summed E-state index contributed by atoms with van der Waals surface area (Å²) < 4.78 is 5.09. The minimum absolute atomic E-state index is 0.0590. The molecule has 2 unspecified atom stereocenters. The van der Waals surface area contributed by atoms with Gasteiger partial charge in [-0.2, -0.15) is 0 Å². The summed E-state index contributed by atoms with van der Waals surface area (Å²) in [6.07, 6.45) is 0.148. The molecule has 1 aromatic rings. The first-order valence-electron chi connectivity index (χ1n) is 7.16. The maximum Gasteiger partial charge on any atom is 0.223 e. The Morgan fingerprint density at radius 3 is 2.48 bits per heavy atom. The summed E-state index contributed by atoms with van der Waals surface area (Å²) in [7, 11) is 1.63. The van der Waals surface area contributed by atoms with Gasteiger partial charge in [-0.25, -0.2) is 0 Å². The molecule has 2 N–H and O–H groups in total. The summed E-state index contributed by atoms with van der Waals surface area (Å²) in [5.41, 5.74) is 0.976. The summed E-state index contributed by atoms with van der Waals surface area (Å²) in [6, 6.07) is 7.23. The van der Waals surface area contributed by atoms with Crippen LogP contribution in [0.4, 0.5) is 0 Å². The van der Waals surface area contributed by atoms with Gasteiger partial charge in [-0.15, -0.1) is 0 Å². The van der Waals surface area contributed by atoms with Gasteiger partial charge in [0, 0.05) is 18.7 Å². The standard InChI is InChI=1S/C16H24ClNO3/c1-11(2)15(19)10-16(20)18-14(8-9-21-3)12-4-6-13(17)7-5-12/h4-7,11,14-15,19H,8-10H2,1-3H3,(H,18,20). The number of halogens is 1. The molecule has 0 aliphatic rings. The van der Waals surface area contributed by atoms with Crippen LogP contribution in [0.15, 0.2) is 24.3 Å². The Morgan fingerprint density at radius 1 is 1.33 bits per heavy atom. The molecule has 0 heterocycles. The fraction of sp³-hybridized carbons (Fsp3) is 0.562. The number of methoxy groups -OCH3 is 1. The molecule has 2 atom stereocenters. The van der Waals surface area contributed by atoms with Crippen LogP contribution in [0.3, 0.4) is 0 Å². The minimum atomic E-state index is -0.627. The van der Waals surface area contributed by atoms with Gasteiger partial charge >= 0.3 is 0 Å². The Labute approximate surface area is 131 Å². The Morgan fingerprint density at radius 2 is 1.95 bits per heavy atom. The second-order valence-corrected chi connectivity index (χ2v) is 5.91. The lowest BCUT2D eigenvalue weighted by atomic mass is 10.0. The van der Waals surface area contributed by atoms with Crippen LogP contribution < -0.4 is 5.32 Å². The lowest BCUT2D eigenvalue weighted by molar-refractivity contribution is -0.124. The van der Waals surface area contributed by atoms with Crippen LogP contribution in [0, 0.1) is 5.92 Å². The molecule has 1 amide bonds. The number of nitrogens with one attached hydrogen (secondary N) is 1. The lowest BCUT2D eigenvalue weighted by Gasteiger charge is -2.21. The van der Waals surface area contributed by atoms with Crippen molar-refractivity contribution in [3.8, 4) is 0 Å². The van der Waals surface area contributed by atoms with Gasteiger partial charge in [0.2, 0.25) is 5.91 Å². The normalized spacial score (nSPS) is 14.0. The molecule has 0 aromatic heterocycles. The molecular weight excluding hydrogens is 290 g/mol. The molecule has 0 saturated carbocycles. The zero-order chi connectivity index (χ0) is 15.8. The van der Waals surface area contributed by atoms with E-state index in [2.05, 4.69) is 5.32 Å². The fourth-order valence-corrected chi connectivity index (χ4v) is 2.06. The maximum atomic E-state index is 12.0. The second-order valence-electron chi connectivity index (χ2n) is 5.47. The Balaban J connectivity index is 2.69. The number of carbonyl (C=O) groups is 1. The van der Waals surface area contributed by atoms with Crippen LogP contribution in [-0.4, -0.2) is 30.8 Å². The van der Waals surface area contributed by atoms with Crippen molar-refractivity contribution in [2.75, 3.05) is 13.7 Å². The number of rotatable bonds is 8. The molecule has 0 bridgehead atoms. The molecule has 0 fully saturated rings. The van der Waals surface area contributed by atoms with E-state index in [0.29, 0.717) is 18.1 Å². The number of hydrogen-bond donors (Lipinski definition) is 2. The van der Waals surface area contributed by atoms with E-state index < -0.39 is 6.10 Å². The van der Waals surface area contributed by atoms with Crippen molar-refractivity contribution in [2.45, 2.75) is 38.8 Å². The monoisotopic (exact) mass is 313 g/mol. The van der Waals surface area contributed by atoms with Crippen LogP contribution in [0.25, 0.3) is 0 Å². The van der Waals surface area contributed by atoms with Crippen LogP contribution in [0.5, 0.6) is 0 Å². The summed E-state index contributed by atoms with van der Waals surface area (Å²) in [5.74, 6) is -0.101. The van der Waals surface area contributed by atoms with Crippen LogP contribution in [0.2, 0.25) is 5.02 Å². The van der Waals surface area contributed by atoms with Crippen molar-refractivity contribution >= 4 is 17.5 Å². The number of carbonyl (C=O) groups excluding carboxylic acids is 1. The SMILES string of the molecule is COCCC(NC(=O)CC(O)C(C)C)c1ccc(Cl)cc1. The van der Waals surface area contributed by atoms with Gasteiger partial charge < -0.3 is 15.2 Å². The average Bonchev–Trinajstić information content (AvgIpc) is 2.44. The lowest BCUT2D eigenvalue weighted by Crippen LogP contribution is -2.33. The zero-order valence-corrected chi connectivity index (χ0v) is 13.6. The molecule has 0 aliphatic heterocycles. The molecule has 1 rings (SSSR count). The molecule has 0 radical (unpaired) electrons. The predicted octanol–water partition coefficient (Wildman–Crippen LogP) is 2.94. The molecule has 118 valence electrons. The molecule has 5 heteroatoms. The van der Waals surface area contributed by atoms with Crippen molar-refractivity contribution in [2.24, 2.45) is 5.92 Å². The first-order chi connectivity index (χ1) is 9.93. The molecule has 21 heavy (non-hydrogen) atoms. The van der Waals surface area contributed by atoms with Crippen molar-refractivity contribution in [3.05, 3.63) is 34.9 Å². The van der Waals surface area contributed by atoms with Crippen molar-refractivity contribution in [3.63, 3.8) is 0 Å². The topological polar surface area (TPSA) is 58.6 Å². The van der Waals surface area contributed by atoms with Gasteiger partial charge in [0.15, 0.2) is 0 Å². The molecule has 0 saturated heterocycles. The quantitative estimate of drug-likeness (QED) is 0.776. The Hall–Kier alpha value is -1.10. The smallest absolute Gasteiger partial charge is 0.223 e. The first-order valence-corrected chi connectivity index (χ1v) is 7.53. The van der Waals surface area contributed by atoms with Gasteiger partial charge in [0.25, 0.3) is 0 Å². The van der Waals surface area contributed by atoms with E-state index in [1.54, 1.807) is 19.2 Å².